The van der Waals surface area contributed by atoms with Gasteiger partial charge in [0.05, 0.1) is 23.4 Å². The molecule has 0 aliphatic carbocycles. The minimum atomic E-state index is -0.395. The molecule has 2 aromatic rings. The number of rotatable bonds is 6. The van der Waals surface area contributed by atoms with E-state index >= 15 is 0 Å². The van der Waals surface area contributed by atoms with E-state index in [4.69, 9.17) is 16.3 Å². The standard InChI is InChI=1S/C22H27ClN4O3/c1-14(2)27-10-8-15(9-11-27)21(28)25-19-6-5-17(30-3)12-18(19)22(29)26-20-7-4-16(23)13-24-20/h4-7,12-15H,8-11H2,1-3H3,(H,25,28)(H,24,26,29). The molecule has 1 aromatic carbocycles. The fourth-order valence-electron chi connectivity index (χ4n) is 3.49. The van der Waals surface area contributed by atoms with Gasteiger partial charge in [0.2, 0.25) is 5.91 Å². The van der Waals surface area contributed by atoms with Gasteiger partial charge in [0.1, 0.15) is 11.6 Å². The number of anilines is 2. The van der Waals surface area contributed by atoms with Crippen molar-refractivity contribution in [2.45, 2.75) is 32.7 Å². The molecule has 8 heteroatoms. The minimum absolute atomic E-state index is 0.0674. The Bertz CT molecular complexity index is 894. The number of benzene rings is 1. The molecule has 1 fully saturated rings. The van der Waals surface area contributed by atoms with Crippen molar-refractivity contribution in [3.05, 3.63) is 47.1 Å². The van der Waals surface area contributed by atoms with Crippen LogP contribution in [-0.4, -0.2) is 47.9 Å². The maximum atomic E-state index is 12.9. The summed E-state index contributed by atoms with van der Waals surface area (Å²) < 4.78 is 5.25. The second-order valence-electron chi connectivity index (χ2n) is 7.62. The lowest BCUT2D eigenvalue weighted by Crippen LogP contribution is -2.41. The number of carbonyl (C=O) groups is 2. The van der Waals surface area contributed by atoms with Gasteiger partial charge in [0.25, 0.3) is 5.91 Å². The van der Waals surface area contributed by atoms with E-state index in [9.17, 15) is 9.59 Å². The van der Waals surface area contributed by atoms with Gasteiger partial charge in [-0.2, -0.15) is 0 Å². The molecule has 1 aliphatic heterocycles. The van der Waals surface area contributed by atoms with E-state index in [1.807, 2.05) is 0 Å². The van der Waals surface area contributed by atoms with E-state index in [2.05, 4.69) is 34.4 Å². The van der Waals surface area contributed by atoms with E-state index in [0.29, 0.717) is 33.9 Å². The number of hydrogen-bond acceptors (Lipinski definition) is 5. The van der Waals surface area contributed by atoms with Gasteiger partial charge in [0.15, 0.2) is 0 Å². The average Bonchev–Trinajstić information content (AvgIpc) is 2.75. The van der Waals surface area contributed by atoms with Crippen molar-refractivity contribution in [2.24, 2.45) is 5.92 Å². The summed E-state index contributed by atoms with van der Waals surface area (Å²) in [5.41, 5.74) is 0.748. The van der Waals surface area contributed by atoms with Crippen LogP contribution in [0.1, 0.15) is 37.0 Å². The zero-order chi connectivity index (χ0) is 21.7. The lowest BCUT2D eigenvalue weighted by atomic mass is 9.95. The number of likely N-dealkylation sites (tertiary alicyclic amines) is 1. The highest BCUT2D eigenvalue weighted by Gasteiger charge is 2.27. The van der Waals surface area contributed by atoms with Crippen molar-refractivity contribution in [2.75, 3.05) is 30.8 Å². The highest BCUT2D eigenvalue weighted by Crippen LogP contribution is 2.26. The van der Waals surface area contributed by atoms with Crippen LogP contribution >= 0.6 is 11.6 Å². The van der Waals surface area contributed by atoms with Gasteiger partial charge in [-0.1, -0.05) is 11.6 Å². The number of hydrogen-bond donors (Lipinski definition) is 2. The highest BCUT2D eigenvalue weighted by atomic mass is 35.5. The number of ether oxygens (including phenoxy) is 1. The van der Waals surface area contributed by atoms with Crippen molar-refractivity contribution < 1.29 is 14.3 Å². The predicted molar refractivity (Wildman–Crippen MR) is 118 cm³/mol. The van der Waals surface area contributed by atoms with E-state index in [-0.39, 0.29) is 11.8 Å². The van der Waals surface area contributed by atoms with Gasteiger partial charge < -0.3 is 20.3 Å². The van der Waals surface area contributed by atoms with Crippen LogP contribution in [0.4, 0.5) is 11.5 Å². The van der Waals surface area contributed by atoms with Crippen molar-refractivity contribution in [3.8, 4) is 5.75 Å². The Hall–Kier alpha value is -2.64. The molecule has 160 valence electrons. The molecule has 0 bridgehead atoms. The van der Waals surface area contributed by atoms with Gasteiger partial charge in [-0.3, -0.25) is 9.59 Å². The molecular weight excluding hydrogens is 404 g/mol. The first-order valence-corrected chi connectivity index (χ1v) is 10.4. The first kappa shape index (κ1) is 22.1. The second-order valence-corrected chi connectivity index (χ2v) is 8.06. The fraction of sp³-hybridized carbons (Fsp3) is 0.409. The number of amides is 2. The number of pyridine rings is 1. The summed E-state index contributed by atoms with van der Waals surface area (Å²) in [5, 5.41) is 6.14. The molecular formula is C22H27ClN4O3. The third-order valence-corrected chi connectivity index (χ3v) is 5.55. The lowest BCUT2D eigenvalue weighted by molar-refractivity contribution is -0.121. The Labute approximate surface area is 181 Å². The number of aromatic nitrogens is 1. The van der Waals surface area contributed by atoms with Crippen molar-refractivity contribution in [3.63, 3.8) is 0 Å². The molecule has 3 rings (SSSR count). The zero-order valence-corrected chi connectivity index (χ0v) is 18.2. The summed E-state index contributed by atoms with van der Waals surface area (Å²) in [4.78, 5) is 32.2. The van der Waals surface area contributed by atoms with E-state index < -0.39 is 5.91 Å². The Balaban J connectivity index is 1.73. The summed E-state index contributed by atoms with van der Waals surface area (Å²) in [6, 6.07) is 8.73. The number of nitrogens with one attached hydrogen (secondary N) is 2. The largest absolute Gasteiger partial charge is 0.497 e. The van der Waals surface area contributed by atoms with Gasteiger partial charge in [0, 0.05) is 18.2 Å². The minimum Gasteiger partial charge on any atom is -0.497 e. The van der Waals surface area contributed by atoms with Crippen molar-refractivity contribution in [1.82, 2.24) is 9.88 Å². The third-order valence-electron chi connectivity index (χ3n) is 5.33. The zero-order valence-electron chi connectivity index (χ0n) is 17.4. The smallest absolute Gasteiger partial charge is 0.259 e. The predicted octanol–water partition coefficient (Wildman–Crippen LogP) is 4.05. The van der Waals surface area contributed by atoms with Gasteiger partial charge in [-0.25, -0.2) is 4.98 Å². The number of piperidine rings is 1. The molecule has 1 aromatic heterocycles. The molecule has 2 amide bonds. The Morgan fingerprint density at radius 2 is 1.90 bits per heavy atom. The maximum Gasteiger partial charge on any atom is 0.259 e. The summed E-state index contributed by atoms with van der Waals surface area (Å²) in [7, 11) is 1.53. The van der Waals surface area contributed by atoms with Crippen LogP contribution in [0.2, 0.25) is 5.02 Å². The number of methoxy groups -OCH3 is 1. The average molecular weight is 431 g/mol. The van der Waals surface area contributed by atoms with Gasteiger partial charge >= 0.3 is 0 Å². The van der Waals surface area contributed by atoms with E-state index in [1.54, 1.807) is 30.3 Å². The van der Waals surface area contributed by atoms with Crippen LogP contribution < -0.4 is 15.4 Å². The number of carbonyl (C=O) groups excluding carboxylic acids is 2. The summed E-state index contributed by atoms with van der Waals surface area (Å²) >= 11 is 5.85. The van der Waals surface area contributed by atoms with Crippen LogP contribution in [-0.2, 0) is 4.79 Å². The molecule has 0 radical (unpaired) electrons. The van der Waals surface area contributed by atoms with Crippen molar-refractivity contribution >= 4 is 34.9 Å². The molecule has 7 nitrogen and oxygen atoms in total. The second kappa shape index (κ2) is 9.91. The molecule has 30 heavy (non-hydrogen) atoms. The SMILES string of the molecule is COc1ccc(NC(=O)C2CCN(C(C)C)CC2)c(C(=O)Nc2ccc(Cl)cn2)c1. The molecule has 0 unspecified atom stereocenters. The summed E-state index contributed by atoms with van der Waals surface area (Å²) in [6.07, 6.45) is 3.06. The van der Waals surface area contributed by atoms with Crippen LogP contribution in [0.5, 0.6) is 5.75 Å². The fourth-order valence-corrected chi connectivity index (χ4v) is 3.61. The Kier molecular flexibility index (Phi) is 7.29. The van der Waals surface area contributed by atoms with Gasteiger partial charge in [-0.05, 0) is 70.1 Å². The van der Waals surface area contributed by atoms with Crippen LogP contribution in [0, 0.1) is 5.92 Å². The van der Waals surface area contributed by atoms with Crippen molar-refractivity contribution in [1.29, 1.82) is 0 Å². The maximum absolute atomic E-state index is 12.9. The first-order valence-electron chi connectivity index (χ1n) is 10.0. The topological polar surface area (TPSA) is 83.6 Å². The van der Waals surface area contributed by atoms with Gasteiger partial charge in [-0.15, -0.1) is 0 Å². The monoisotopic (exact) mass is 430 g/mol. The quantitative estimate of drug-likeness (QED) is 0.722. The third kappa shape index (κ3) is 5.49. The summed E-state index contributed by atoms with van der Waals surface area (Å²) in [6.45, 7) is 6.12. The number of nitrogens with zero attached hydrogens (tertiary/aromatic N) is 2. The van der Waals surface area contributed by atoms with E-state index in [1.165, 1.54) is 13.3 Å². The lowest BCUT2D eigenvalue weighted by Gasteiger charge is -2.34. The number of halogens is 1. The van der Waals surface area contributed by atoms with Crippen LogP contribution in [0.25, 0.3) is 0 Å². The molecule has 2 heterocycles. The van der Waals surface area contributed by atoms with E-state index in [0.717, 1.165) is 25.9 Å². The molecule has 1 aliphatic rings. The molecule has 0 atom stereocenters. The molecule has 0 spiro atoms. The molecule has 0 saturated carbocycles. The Morgan fingerprint density at radius 3 is 2.50 bits per heavy atom. The van der Waals surface area contributed by atoms with Crippen LogP contribution in [0.3, 0.4) is 0 Å². The Morgan fingerprint density at radius 1 is 1.17 bits per heavy atom. The molecule has 1 saturated heterocycles. The normalized spacial score (nSPS) is 15.1. The first-order chi connectivity index (χ1) is 14.4. The molecule has 2 N–H and O–H groups in total. The summed E-state index contributed by atoms with van der Waals surface area (Å²) in [5.74, 6) is 0.352. The highest BCUT2D eigenvalue weighted by molar-refractivity contribution is 6.30. The van der Waals surface area contributed by atoms with Crippen LogP contribution in [0.15, 0.2) is 36.5 Å².